The number of likely N-dealkylation sites (N-methyl/N-ethyl adjacent to an activating group) is 1. The smallest absolute Gasteiger partial charge is 0.240 e. The van der Waals surface area contributed by atoms with E-state index in [9.17, 15) is 19.8 Å². The molecular formula is C44H78N4O6. The van der Waals surface area contributed by atoms with Crippen molar-refractivity contribution in [3.8, 4) is 0 Å². The summed E-state index contributed by atoms with van der Waals surface area (Å²) in [5.74, 6) is 2.96. The van der Waals surface area contributed by atoms with Gasteiger partial charge < -0.3 is 30.5 Å². The van der Waals surface area contributed by atoms with E-state index in [0.29, 0.717) is 41.5 Å². The van der Waals surface area contributed by atoms with Crippen molar-refractivity contribution >= 4 is 11.8 Å². The standard InChI is InChI=1S/C44H78N4O6/c1-27-36-22-33(44(36,3)4)23-37(27)46-43(52)40-39(28(2)50)38(26-49)54-48(40)24-32-17-12-18-35(41(32)53-7)30-15-11-16-31(21-30)42(51)45-34(25-47(5)6)20-19-29-13-9-8-10-14-29/h27-41,49-50H,8-26H2,1-7H3,(H,45,51)(H,46,52)/t27-,28-,30?,31?,32?,33+,34+,35?,36-,37-,38?,39-,40-,41?/m0/s1. The van der Waals surface area contributed by atoms with Gasteiger partial charge in [-0.2, -0.15) is 5.06 Å². The molecule has 6 aliphatic carbocycles. The molecule has 0 radical (unpaired) electrons. The number of hydroxylamine groups is 2. The zero-order valence-electron chi connectivity index (χ0n) is 35.0. The van der Waals surface area contributed by atoms with Crippen LogP contribution in [0.5, 0.6) is 0 Å². The van der Waals surface area contributed by atoms with Crippen LogP contribution < -0.4 is 10.6 Å². The molecule has 7 fully saturated rings. The number of methoxy groups -OCH3 is 1. The molecule has 2 bridgehead atoms. The highest BCUT2D eigenvalue weighted by Gasteiger charge is 2.58. The molecule has 10 heteroatoms. The highest BCUT2D eigenvalue weighted by Crippen LogP contribution is 2.61. The lowest BCUT2D eigenvalue weighted by molar-refractivity contribution is -0.193. The lowest BCUT2D eigenvalue weighted by Gasteiger charge is -2.62. The van der Waals surface area contributed by atoms with Crippen molar-refractivity contribution in [1.82, 2.24) is 20.6 Å². The molecule has 1 heterocycles. The van der Waals surface area contributed by atoms with Crippen LogP contribution in [0.1, 0.15) is 130 Å². The monoisotopic (exact) mass is 759 g/mol. The van der Waals surface area contributed by atoms with Gasteiger partial charge >= 0.3 is 0 Å². The van der Waals surface area contributed by atoms with Crippen molar-refractivity contribution < 1.29 is 29.4 Å². The van der Waals surface area contributed by atoms with E-state index in [4.69, 9.17) is 9.57 Å². The minimum absolute atomic E-state index is 0.0132. The Balaban J connectivity index is 1.09. The Kier molecular flexibility index (Phi) is 14.5. The fraction of sp³-hybridized carbons (Fsp3) is 0.955. The second-order valence-electron chi connectivity index (χ2n) is 20.0. The zero-order valence-corrected chi connectivity index (χ0v) is 35.0. The van der Waals surface area contributed by atoms with Crippen molar-refractivity contribution in [1.29, 1.82) is 0 Å². The normalized spacial score (nSPS) is 39.8. The van der Waals surface area contributed by atoms with Gasteiger partial charge in [-0.15, -0.1) is 0 Å². The molecule has 6 saturated carbocycles. The lowest BCUT2D eigenvalue weighted by atomic mass is 9.45. The van der Waals surface area contributed by atoms with Crippen molar-refractivity contribution in [3.63, 3.8) is 0 Å². The molecule has 14 atom stereocenters. The zero-order chi connectivity index (χ0) is 38.7. The molecule has 1 saturated heterocycles. The molecular weight excluding hydrogens is 681 g/mol. The Hall–Kier alpha value is -1.30. The van der Waals surface area contributed by atoms with Crippen LogP contribution >= 0.6 is 0 Å². The van der Waals surface area contributed by atoms with E-state index in [1.807, 2.05) is 7.11 Å². The Morgan fingerprint density at radius 2 is 1.72 bits per heavy atom. The van der Waals surface area contributed by atoms with Gasteiger partial charge in [-0.1, -0.05) is 72.1 Å². The highest BCUT2D eigenvalue weighted by atomic mass is 16.7. The van der Waals surface area contributed by atoms with Gasteiger partial charge in [0.25, 0.3) is 0 Å². The molecule has 10 nitrogen and oxygen atoms in total. The first kappa shape index (κ1) is 42.3. The first-order valence-electron chi connectivity index (χ1n) is 22.3. The van der Waals surface area contributed by atoms with E-state index in [2.05, 4.69) is 50.4 Å². The largest absolute Gasteiger partial charge is 0.394 e. The number of ether oxygens (including phenoxy) is 1. The number of nitrogens with zero attached hydrogens (tertiary/aromatic N) is 2. The number of fused-ring (bicyclic) bond motifs is 2. The quantitative estimate of drug-likeness (QED) is 0.166. The summed E-state index contributed by atoms with van der Waals surface area (Å²) in [6.45, 7) is 9.87. The van der Waals surface area contributed by atoms with E-state index < -0.39 is 24.2 Å². The minimum atomic E-state index is -0.814. The van der Waals surface area contributed by atoms with Crippen molar-refractivity contribution in [2.45, 2.75) is 167 Å². The lowest BCUT2D eigenvalue weighted by Crippen LogP contribution is -2.62. The highest BCUT2D eigenvalue weighted by molar-refractivity contribution is 5.83. The number of rotatable bonds is 15. The minimum Gasteiger partial charge on any atom is -0.394 e. The van der Waals surface area contributed by atoms with Crippen molar-refractivity contribution in [2.24, 2.45) is 58.7 Å². The third-order valence-electron chi connectivity index (χ3n) is 16.0. The first-order valence-corrected chi connectivity index (χ1v) is 22.3. The fourth-order valence-corrected chi connectivity index (χ4v) is 12.8. The van der Waals surface area contributed by atoms with E-state index >= 15 is 0 Å². The van der Waals surface area contributed by atoms with Gasteiger partial charge in [0.2, 0.25) is 11.8 Å². The van der Waals surface area contributed by atoms with Crippen molar-refractivity contribution in [2.75, 3.05) is 40.9 Å². The summed E-state index contributed by atoms with van der Waals surface area (Å²) in [5, 5.41) is 30.1. The van der Waals surface area contributed by atoms with Crippen LogP contribution in [0, 0.1) is 58.7 Å². The van der Waals surface area contributed by atoms with Crippen LogP contribution in [0.4, 0.5) is 0 Å². The summed E-state index contributed by atoms with van der Waals surface area (Å²) < 4.78 is 6.38. The van der Waals surface area contributed by atoms with E-state index in [1.165, 1.54) is 44.9 Å². The summed E-state index contributed by atoms with van der Waals surface area (Å²) in [4.78, 5) is 36.8. The molecule has 310 valence electrons. The molecule has 7 aliphatic rings. The molecule has 4 N–H and O–H groups in total. The molecule has 0 aromatic heterocycles. The number of hydrogen-bond donors (Lipinski definition) is 4. The molecule has 7 rings (SSSR count). The van der Waals surface area contributed by atoms with Crippen molar-refractivity contribution in [3.05, 3.63) is 0 Å². The number of amides is 2. The van der Waals surface area contributed by atoms with Gasteiger partial charge in [0.15, 0.2) is 0 Å². The van der Waals surface area contributed by atoms with Crippen LogP contribution in [-0.4, -0.2) is 109 Å². The summed E-state index contributed by atoms with van der Waals surface area (Å²) in [7, 11) is 6.04. The topological polar surface area (TPSA) is 124 Å². The molecule has 0 aromatic carbocycles. The predicted octanol–water partition coefficient (Wildman–Crippen LogP) is 5.79. The SMILES string of the molecule is COC1C(CN2OC(CO)[C@H]([C@H](C)O)[C@H]2C(=O)N[C@H]2C[C@H]3C[C@@H]([C@@H]2C)C3(C)C)CCCC1C1CCCC(C(=O)N[C@H](CCC2CCCCC2)CN(C)C)C1. The van der Waals surface area contributed by atoms with Crippen LogP contribution in [0.15, 0.2) is 0 Å². The third kappa shape index (κ3) is 9.36. The predicted molar refractivity (Wildman–Crippen MR) is 212 cm³/mol. The van der Waals surface area contributed by atoms with E-state index in [0.717, 1.165) is 70.3 Å². The van der Waals surface area contributed by atoms with Crippen LogP contribution in [-0.2, 0) is 19.2 Å². The number of aliphatic hydroxyl groups is 2. The van der Waals surface area contributed by atoms with Gasteiger partial charge in [0.1, 0.15) is 12.1 Å². The Labute approximate surface area is 327 Å². The Morgan fingerprint density at radius 3 is 2.37 bits per heavy atom. The molecule has 54 heavy (non-hydrogen) atoms. The van der Waals surface area contributed by atoms with E-state index in [1.54, 1.807) is 12.0 Å². The third-order valence-corrected chi connectivity index (χ3v) is 16.0. The summed E-state index contributed by atoms with van der Waals surface area (Å²) in [5.41, 5.74) is 0.324. The number of carbonyl (C=O) groups excluding carboxylic acids is 2. The molecule has 0 aromatic rings. The first-order chi connectivity index (χ1) is 25.8. The average Bonchev–Trinajstić information content (AvgIpc) is 3.53. The van der Waals surface area contributed by atoms with Gasteiger partial charge in [0.05, 0.1) is 18.8 Å². The van der Waals surface area contributed by atoms with Gasteiger partial charge in [-0.3, -0.25) is 14.4 Å². The number of carbonyl (C=O) groups is 2. The van der Waals surface area contributed by atoms with Gasteiger partial charge in [0, 0.05) is 50.0 Å². The average molecular weight is 759 g/mol. The van der Waals surface area contributed by atoms with Gasteiger partial charge in [-0.05, 0) is 113 Å². The van der Waals surface area contributed by atoms with E-state index in [-0.39, 0.29) is 48.4 Å². The van der Waals surface area contributed by atoms with Crippen LogP contribution in [0.3, 0.4) is 0 Å². The maximum absolute atomic E-state index is 14.3. The summed E-state index contributed by atoms with van der Waals surface area (Å²) in [6, 6.07) is -0.385. The maximum Gasteiger partial charge on any atom is 0.240 e. The molecule has 1 aliphatic heterocycles. The van der Waals surface area contributed by atoms with Crippen LogP contribution in [0.25, 0.3) is 0 Å². The number of hydrogen-bond acceptors (Lipinski definition) is 8. The molecule has 0 spiro atoms. The molecule has 6 unspecified atom stereocenters. The fourth-order valence-electron chi connectivity index (χ4n) is 12.8. The summed E-state index contributed by atoms with van der Waals surface area (Å²) >= 11 is 0. The van der Waals surface area contributed by atoms with Gasteiger partial charge in [-0.25, -0.2) is 0 Å². The Morgan fingerprint density at radius 1 is 0.981 bits per heavy atom. The second-order valence-corrected chi connectivity index (χ2v) is 20.0. The number of nitrogens with one attached hydrogen (secondary N) is 2. The summed E-state index contributed by atoms with van der Waals surface area (Å²) in [6.07, 6.45) is 17.0. The van der Waals surface area contributed by atoms with Crippen LogP contribution in [0.2, 0.25) is 0 Å². The Bertz CT molecular complexity index is 1230. The number of aliphatic hydroxyl groups excluding tert-OH is 2. The molecule has 2 amide bonds. The maximum atomic E-state index is 14.3. The second kappa shape index (κ2) is 18.5.